The van der Waals surface area contributed by atoms with E-state index in [4.69, 9.17) is 14.5 Å². The Morgan fingerprint density at radius 3 is 2.51 bits per heavy atom. The quantitative estimate of drug-likeness (QED) is 0.139. The number of allylic oxidation sites excluding steroid dienone is 5. The third-order valence-electron chi connectivity index (χ3n) is 8.27. The third kappa shape index (κ3) is 7.98. The molecule has 12 nitrogen and oxygen atoms in total. The predicted octanol–water partition coefficient (Wildman–Crippen LogP) is 6.60. The van der Waals surface area contributed by atoms with E-state index in [-0.39, 0.29) is 17.8 Å². The van der Waals surface area contributed by atoms with Gasteiger partial charge in [-0.1, -0.05) is 45.1 Å². The Hall–Kier alpha value is -4.74. The molecule has 4 heterocycles. The lowest BCUT2D eigenvalue weighted by Gasteiger charge is -2.22. The number of aromatic amines is 1. The molecule has 4 aromatic heterocycles. The maximum atomic E-state index is 13.8. The number of nitrogens with one attached hydrogen (secondary N) is 3. The minimum absolute atomic E-state index is 0.142. The Morgan fingerprint density at radius 2 is 1.94 bits per heavy atom. The molecule has 0 aliphatic heterocycles. The first-order valence-corrected chi connectivity index (χ1v) is 16.2. The molecule has 4 aromatic rings. The van der Waals surface area contributed by atoms with E-state index >= 15 is 0 Å². The summed E-state index contributed by atoms with van der Waals surface area (Å²) >= 11 is 0. The number of methoxy groups -OCH3 is 2. The number of hydrogen-bond acceptors (Lipinski definition) is 7. The highest BCUT2D eigenvalue weighted by Crippen LogP contribution is 2.41. The smallest absolute Gasteiger partial charge is 0.407 e. The molecule has 47 heavy (non-hydrogen) atoms. The number of carbonyl (C=O) groups excluding carboxylic acids is 1. The maximum Gasteiger partial charge on any atom is 0.407 e. The Kier molecular flexibility index (Phi) is 13.1. The van der Waals surface area contributed by atoms with Crippen LogP contribution in [0.15, 0.2) is 47.7 Å². The van der Waals surface area contributed by atoms with Gasteiger partial charge < -0.3 is 25.1 Å². The summed E-state index contributed by atoms with van der Waals surface area (Å²) in [5.74, 6) is 0.483. The molecule has 12 heteroatoms. The van der Waals surface area contributed by atoms with Crippen molar-refractivity contribution in [1.29, 1.82) is 0 Å². The van der Waals surface area contributed by atoms with Gasteiger partial charge in [-0.2, -0.15) is 0 Å². The third-order valence-corrected chi connectivity index (χ3v) is 8.27. The zero-order valence-corrected chi connectivity index (χ0v) is 29.7. The standard InChI is InChI=1S/C28H37N7O4.C7H15N/c1-9-12-17(10-2)21-22-24-20(14-29-25(22)31-23(21)19-15-33(5)32-26(19)38-7)34(6)28(37)35(24)18(11-3)13-16(4)30-27(36)39-8;1-4-5-6-7(2)8-3/h9-10,12,14-16,18H,11,13H2,1-8H3,(H,29,31)(H,30,36);8H,2,4-6H2,1,3H3/b12-9-,17-10+;. The van der Waals surface area contributed by atoms with Crippen LogP contribution in [0, 0.1) is 0 Å². The van der Waals surface area contributed by atoms with Crippen LogP contribution in [0.25, 0.3) is 38.9 Å². The van der Waals surface area contributed by atoms with Gasteiger partial charge in [-0.05, 0) is 52.0 Å². The number of aromatic nitrogens is 6. The van der Waals surface area contributed by atoms with Crippen molar-refractivity contribution in [3.05, 3.63) is 58.9 Å². The number of hydrogen-bond donors (Lipinski definition) is 3. The first-order valence-electron chi connectivity index (χ1n) is 16.2. The molecule has 4 rings (SSSR count). The van der Waals surface area contributed by atoms with E-state index in [1.54, 1.807) is 29.6 Å². The Balaban J connectivity index is 0.000000665. The number of alkyl carbamates (subject to hydrolysis) is 1. The van der Waals surface area contributed by atoms with E-state index in [1.807, 2.05) is 70.8 Å². The second-order valence-corrected chi connectivity index (χ2v) is 11.6. The molecular formula is C35H52N8O4. The van der Waals surface area contributed by atoms with Crippen molar-refractivity contribution < 1.29 is 14.3 Å². The molecule has 0 aromatic carbocycles. The number of aryl methyl sites for hydroxylation is 2. The summed E-state index contributed by atoms with van der Waals surface area (Å²) in [6, 6.07) is -0.397. The van der Waals surface area contributed by atoms with Gasteiger partial charge in [-0.15, -0.1) is 5.10 Å². The summed E-state index contributed by atoms with van der Waals surface area (Å²) in [5, 5.41) is 11.1. The van der Waals surface area contributed by atoms with E-state index < -0.39 is 6.09 Å². The highest BCUT2D eigenvalue weighted by Gasteiger charge is 2.28. The Morgan fingerprint density at radius 1 is 1.21 bits per heavy atom. The van der Waals surface area contributed by atoms with Gasteiger partial charge in [-0.3, -0.25) is 13.8 Å². The van der Waals surface area contributed by atoms with Gasteiger partial charge in [-0.25, -0.2) is 14.6 Å². The number of rotatable bonds is 13. The normalized spacial score (nSPS) is 13.0. The van der Waals surface area contributed by atoms with E-state index in [2.05, 4.69) is 34.2 Å². The maximum absolute atomic E-state index is 13.8. The Bertz CT molecular complexity index is 1800. The lowest BCUT2D eigenvalue weighted by atomic mass is 9.98. The topological polar surface area (TPSA) is 133 Å². The van der Waals surface area contributed by atoms with Crippen LogP contribution in [0.2, 0.25) is 0 Å². The molecule has 0 fully saturated rings. The molecule has 0 spiro atoms. The molecule has 2 atom stereocenters. The molecule has 0 saturated heterocycles. The number of H-pyrrole nitrogens is 1. The van der Waals surface area contributed by atoms with Gasteiger partial charge in [0.15, 0.2) is 0 Å². The molecule has 0 radical (unpaired) electrons. The number of pyridine rings is 1. The molecular weight excluding hydrogens is 596 g/mol. The molecule has 0 aliphatic carbocycles. The fourth-order valence-corrected chi connectivity index (χ4v) is 5.80. The van der Waals surface area contributed by atoms with Crippen molar-refractivity contribution in [2.75, 3.05) is 21.3 Å². The van der Waals surface area contributed by atoms with E-state index in [9.17, 15) is 9.59 Å². The second-order valence-electron chi connectivity index (χ2n) is 11.6. The number of ether oxygens (including phenoxy) is 2. The van der Waals surface area contributed by atoms with Gasteiger partial charge in [0.2, 0.25) is 5.88 Å². The van der Waals surface area contributed by atoms with Crippen LogP contribution >= 0.6 is 0 Å². The number of imidazole rings is 1. The number of fused-ring (bicyclic) bond motifs is 3. The van der Waals surface area contributed by atoms with Crippen molar-refractivity contribution in [3.63, 3.8) is 0 Å². The van der Waals surface area contributed by atoms with Gasteiger partial charge in [0.05, 0.1) is 48.1 Å². The van der Waals surface area contributed by atoms with E-state index in [0.29, 0.717) is 24.4 Å². The minimum atomic E-state index is -0.499. The van der Waals surface area contributed by atoms with Gasteiger partial charge in [0, 0.05) is 50.7 Å². The van der Waals surface area contributed by atoms with E-state index in [0.717, 1.165) is 50.9 Å². The second kappa shape index (κ2) is 16.7. The molecule has 3 N–H and O–H groups in total. The summed E-state index contributed by atoms with van der Waals surface area (Å²) in [6.07, 6.45) is 14.0. The molecule has 0 saturated carbocycles. The van der Waals surface area contributed by atoms with Crippen LogP contribution in [0.1, 0.15) is 78.3 Å². The highest BCUT2D eigenvalue weighted by molar-refractivity contribution is 6.12. The van der Waals surface area contributed by atoms with Crippen molar-refractivity contribution >= 4 is 33.7 Å². The lowest BCUT2D eigenvalue weighted by Crippen LogP contribution is -2.36. The van der Waals surface area contributed by atoms with Crippen molar-refractivity contribution in [2.24, 2.45) is 14.1 Å². The average Bonchev–Trinajstić information content (AvgIpc) is 3.72. The largest absolute Gasteiger partial charge is 0.479 e. The molecule has 1 amide bonds. The van der Waals surface area contributed by atoms with Gasteiger partial charge in [0.1, 0.15) is 5.65 Å². The molecule has 0 aliphatic rings. The van der Waals surface area contributed by atoms with E-state index in [1.165, 1.54) is 20.0 Å². The molecule has 0 bridgehead atoms. The average molecular weight is 649 g/mol. The number of amides is 1. The highest BCUT2D eigenvalue weighted by atomic mass is 16.5. The lowest BCUT2D eigenvalue weighted by molar-refractivity contribution is 0.165. The van der Waals surface area contributed by atoms with Gasteiger partial charge >= 0.3 is 11.8 Å². The zero-order chi connectivity index (χ0) is 34.8. The predicted molar refractivity (Wildman–Crippen MR) is 191 cm³/mol. The summed E-state index contributed by atoms with van der Waals surface area (Å²) in [6.45, 7) is 13.9. The number of unbranched alkanes of at least 4 members (excludes halogenated alkanes) is 1. The van der Waals surface area contributed by atoms with Crippen molar-refractivity contribution in [3.8, 4) is 17.1 Å². The van der Waals surface area contributed by atoms with Crippen LogP contribution in [0.3, 0.4) is 0 Å². The van der Waals surface area contributed by atoms with Crippen molar-refractivity contribution in [1.82, 2.24) is 39.5 Å². The Labute approximate surface area is 277 Å². The first kappa shape index (κ1) is 36.7. The SMILES string of the molecule is C/C=C\C(=C/C)c1c(-c2cn(C)nc2OC)[nH]c2ncc3c(c12)n(C(CC)CC(C)NC(=O)OC)c(=O)n3C.C=C(CCCC)NC. The zero-order valence-electron chi connectivity index (χ0n) is 29.7. The van der Waals surface area contributed by atoms with Crippen LogP contribution in [0.5, 0.6) is 5.88 Å². The van der Waals surface area contributed by atoms with Crippen LogP contribution in [-0.4, -0.2) is 62.3 Å². The summed E-state index contributed by atoms with van der Waals surface area (Å²) in [5.41, 5.74) is 6.63. The summed E-state index contributed by atoms with van der Waals surface area (Å²) < 4.78 is 15.6. The molecule has 256 valence electrons. The first-order chi connectivity index (χ1) is 22.5. The molecule has 2 unspecified atom stereocenters. The van der Waals surface area contributed by atoms with Gasteiger partial charge in [0.25, 0.3) is 0 Å². The summed E-state index contributed by atoms with van der Waals surface area (Å²) in [7, 11) is 8.45. The summed E-state index contributed by atoms with van der Waals surface area (Å²) in [4.78, 5) is 33.9. The van der Waals surface area contributed by atoms with Crippen LogP contribution in [-0.2, 0) is 18.8 Å². The van der Waals surface area contributed by atoms with Crippen molar-refractivity contribution in [2.45, 2.75) is 78.8 Å². The fraction of sp³-hybridized carbons (Fsp3) is 0.486. The fourth-order valence-electron chi connectivity index (χ4n) is 5.80. The van der Waals surface area contributed by atoms with Crippen LogP contribution < -0.4 is 21.1 Å². The van der Waals surface area contributed by atoms with Crippen LogP contribution in [0.4, 0.5) is 4.79 Å². The minimum Gasteiger partial charge on any atom is -0.479 e. The monoisotopic (exact) mass is 648 g/mol. The number of carbonyl (C=O) groups is 1. The number of nitrogens with zero attached hydrogens (tertiary/aromatic N) is 5.